The number of halogens is 1. The summed E-state index contributed by atoms with van der Waals surface area (Å²) in [6.07, 6.45) is 0.656. The number of likely N-dealkylation sites (N-methyl/N-ethyl adjacent to an activating group) is 1. The van der Waals surface area contributed by atoms with Crippen LogP contribution in [0.15, 0.2) is 23.6 Å². The van der Waals surface area contributed by atoms with Crippen molar-refractivity contribution in [1.29, 1.82) is 0 Å². The van der Waals surface area contributed by atoms with Crippen LogP contribution in [-0.2, 0) is 6.42 Å². The van der Waals surface area contributed by atoms with E-state index in [2.05, 4.69) is 10.3 Å². The van der Waals surface area contributed by atoms with Gasteiger partial charge in [-0.05, 0) is 25.6 Å². The molecule has 1 unspecified atom stereocenters. The van der Waals surface area contributed by atoms with Gasteiger partial charge in [-0.25, -0.2) is 9.37 Å². The molecule has 1 atom stereocenters. The number of benzene rings is 1. The van der Waals surface area contributed by atoms with Gasteiger partial charge in [0.1, 0.15) is 11.6 Å². The zero-order chi connectivity index (χ0) is 14.5. The van der Waals surface area contributed by atoms with Crippen LogP contribution in [0.1, 0.15) is 29.2 Å². The van der Waals surface area contributed by atoms with Crippen LogP contribution < -0.4 is 10.1 Å². The third-order valence-corrected chi connectivity index (χ3v) is 4.07. The first-order valence-corrected chi connectivity index (χ1v) is 7.50. The molecule has 1 aromatic heterocycles. The number of thiazole rings is 1. The van der Waals surface area contributed by atoms with Crippen LogP contribution in [0.2, 0.25) is 0 Å². The highest BCUT2D eigenvalue weighted by molar-refractivity contribution is 7.09. The van der Waals surface area contributed by atoms with Crippen LogP contribution in [0.4, 0.5) is 4.39 Å². The summed E-state index contributed by atoms with van der Waals surface area (Å²) in [7, 11) is 1.56. The lowest BCUT2D eigenvalue weighted by Gasteiger charge is -2.20. The van der Waals surface area contributed by atoms with Crippen LogP contribution in [-0.4, -0.2) is 18.6 Å². The van der Waals surface area contributed by atoms with Gasteiger partial charge in [0.25, 0.3) is 0 Å². The number of nitrogens with one attached hydrogen (secondary N) is 1. The van der Waals surface area contributed by atoms with Gasteiger partial charge in [-0.1, -0.05) is 13.0 Å². The van der Waals surface area contributed by atoms with E-state index in [1.807, 2.05) is 19.2 Å². The Hall–Kier alpha value is -1.46. The maximum atomic E-state index is 14.2. The van der Waals surface area contributed by atoms with Gasteiger partial charge in [0.05, 0.1) is 12.1 Å². The lowest BCUT2D eigenvalue weighted by Crippen LogP contribution is -2.24. The molecule has 1 aromatic carbocycles. The molecule has 0 radical (unpaired) electrons. The second kappa shape index (κ2) is 6.81. The first kappa shape index (κ1) is 14.9. The molecule has 0 amide bonds. The highest BCUT2D eigenvalue weighted by atomic mass is 32.1. The van der Waals surface area contributed by atoms with Crippen LogP contribution >= 0.6 is 11.3 Å². The average molecular weight is 294 g/mol. The third kappa shape index (κ3) is 3.35. The molecule has 1 N–H and O–H groups in total. The Kier molecular flexibility index (Phi) is 5.09. The van der Waals surface area contributed by atoms with Gasteiger partial charge in [0.2, 0.25) is 0 Å². The van der Waals surface area contributed by atoms with Gasteiger partial charge in [0, 0.05) is 29.1 Å². The zero-order valence-corrected chi connectivity index (χ0v) is 12.8. The molecule has 2 rings (SSSR count). The summed E-state index contributed by atoms with van der Waals surface area (Å²) in [6.45, 7) is 4.73. The highest BCUT2D eigenvalue weighted by Crippen LogP contribution is 2.30. The zero-order valence-electron chi connectivity index (χ0n) is 11.9. The van der Waals surface area contributed by atoms with Crippen molar-refractivity contribution >= 4 is 11.3 Å². The summed E-state index contributed by atoms with van der Waals surface area (Å²) in [5, 5.41) is 6.33. The SMILES string of the molecule is CCNC(Cc1nc(C)cs1)c1c(F)cccc1OC. The molecule has 2 aromatic rings. The van der Waals surface area contributed by atoms with Crippen molar-refractivity contribution in [3.8, 4) is 5.75 Å². The highest BCUT2D eigenvalue weighted by Gasteiger charge is 2.21. The summed E-state index contributed by atoms with van der Waals surface area (Å²) >= 11 is 1.60. The van der Waals surface area contributed by atoms with Crippen molar-refractivity contribution in [1.82, 2.24) is 10.3 Å². The van der Waals surface area contributed by atoms with Crippen molar-refractivity contribution in [3.63, 3.8) is 0 Å². The quantitative estimate of drug-likeness (QED) is 0.885. The molecule has 0 saturated carbocycles. The Labute approximate surface area is 122 Å². The number of aromatic nitrogens is 1. The normalized spacial score (nSPS) is 12.4. The molecule has 1 heterocycles. The van der Waals surface area contributed by atoms with Gasteiger partial charge >= 0.3 is 0 Å². The molecule has 0 aliphatic rings. The van der Waals surface area contributed by atoms with Gasteiger partial charge in [0.15, 0.2) is 0 Å². The van der Waals surface area contributed by atoms with E-state index >= 15 is 0 Å². The second-order valence-corrected chi connectivity index (χ2v) is 5.50. The minimum atomic E-state index is -0.247. The second-order valence-electron chi connectivity index (χ2n) is 4.55. The predicted octanol–water partition coefficient (Wildman–Crippen LogP) is 3.49. The summed E-state index contributed by atoms with van der Waals surface area (Å²) in [4.78, 5) is 4.46. The number of hydrogen-bond donors (Lipinski definition) is 1. The summed E-state index contributed by atoms with van der Waals surface area (Å²) in [5.74, 6) is 0.327. The molecular weight excluding hydrogens is 275 g/mol. The molecule has 0 saturated heterocycles. The first-order chi connectivity index (χ1) is 9.65. The molecule has 0 spiro atoms. The topological polar surface area (TPSA) is 34.2 Å². The van der Waals surface area contributed by atoms with Crippen molar-refractivity contribution in [2.75, 3.05) is 13.7 Å². The van der Waals surface area contributed by atoms with E-state index in [1.165, 1.54) is 6.07 Å². The molecule has 20 heavy (non-hydrogen) atoms. The Morgan fingerprint density at radius 2 is 2.25 bits per heavy atom. The largest absolute Gasteiger partial charge is 0.496 e. The van der Waals surface area contributed by atoms with Crippen molar-refractivity contribution < 1.29 is 9.13 Å². The van der Waals surface area contributed by atoms with E-state index in [0.29, 0.717) is 17.7 Å². The predicted molar refractivity (Wildman–Crippen MR) is 79.9 cm³/mol. The Balaban J connectivity index is 2.33. The average Bonchev–Trinajstić information content (AvgIpc) is 2.83. The lowest BCUT2D eigenvalue weighted by molar-refractivity contribution is 0.390. The number of methoxy groups -OCH3 is 1. The minimum absolute atomic E-state index is 0.137. The summed E-state index contributed by atoms with van der Waals surface area (Å²) < 4.78 is 19.5. The van der Waals surface area contributed by atoms with E-state index < -0.39 is 0 Å². The van der Waals surface area contributed by atoms with Crippen LogP contribution in [0.5, 0.6) is 5.75 Å². The standard InChI is InChI=1S/C15H19FN2OS/c1-4-17-12(8-14-18-10(2)9-20-14)15-11(16)6-5-7-13(15)19-3/h5-7,9,12,17H,4,8H2,1-3H3. The van der Waals surface area contributed by atoms with Crippen LogP contribution in [0.3, 0.4) is 0 Å². The fraction of sp³-hybridized carbons (Fsp3) is 0.400. The van der Waals surface area contributed by atoms with Gasteiger partial charge in [-0.15, -0.1) is 11.3 Å². The number of rotatable bonds is 6. The van der Waals surface area contributed by atoms with E-state index in [9.17, 15) is 4.39 Å². The van der Waals surface area contributed by atoms with Gasteiger partial charge in [-0.2, -0.15) is 0 Å². The molecule has 3 nitrogen and oxygen atoms in total. The van der Waals surface area contributed by atoms with Gasteiger partial charge in [-0.3, -0.25) is 0 Å². The Morgan fingerprint density at radius 3 is 2.85 bits per heavy atom. The monoisotopic (exact) mass is 294 g/mol. The fourth-order valence-electron chi connectivity index (χ4n) is 2.23. The maximum Gasteiger partial charge on any atom is 0.131 e. The van der Waals surface area contributed by atoms with Crippen LogP contribution in [0, 0.1) is 12.7 Å². The van der Waals surface area contributed by atoms with Crippen molar-refractivity contribution in [3.05, 3.63) is 45.7 Å². The van der Waals surface area contributed by atoms with E-state index in [4.69, 9.17) is 4.74 Å². The Bertz CT molecular complexity index is 571. The van der Waals surface area contributed by atoms with Crippen molar-refractivity contribution in [2.24, 2.45) is 0 Å². The molecule has 0 fully saturated rings. The number of aryl methyl sites for hydroxylation is 1. The number of ether oxygens (including phenoxy) is 1. The minimum Gasteiger partial charge on any atom is -0.496 e. The Morgan fingerprint density at radius 1 is 1.45 bits per heavy atom. The van der Waals surface area contributed by atoms with Crippen molar-refractivity contribution in [2.45, 2.75) is 26.3 Å². The molecular formula is C15H19FN2OS. The summed E-state index contributed by atoms with van der Waals surface area (Å²) in [5.41, 5.74) is 1.57. The van der Waals surface area contributed by atoms with E-state index in [1.54, 1.807) is 30.6 Å². The first-order valence-electron chi connectivity index (χ1n) is 6.62. The van der Waals surface area contributed by atoms with E-state index in [-0.39, 0.29) is 11.9 Å². The van der Waals surface area contributed by atoms with E-state index in [0.717, 1.165) is 17.2 Å². The van der Waals surface area contributed by atoms with Gasteiger partial charge < -0.3 is 10.1 Å². The third-order valence-electron chi connectivity index (χ3n) is 3.08. The number of nitrogens with zero attached hydrogens (tertiary/aromatic N) is 1. The summed E-state index contributed by atoms with van der Waals surface area (Å²) in [6, 6.07) is 4.78. The molecule has 0 aliphatic heterocycles. The molecule has 108 valence electrons. The lowest BCUT2D eigenvalue weighted by atomic mass is 10.0. The fourth-order valence-corrected chi connectivity index (χ4v) is 3.05. The molecule has 0 aliphatic carbocycles. The maximum absolute atomic E-state index is 14.2. The molecule has 5 heteroatoms. The molecule has 0 bridgehead atoms. The van der Waals surface area contributed by atoms with Crippen LogP contribution in [0.25, 0.3) is 0 Å². The smallest absolute Gasteiger partial charge is 0.131 e. The number of hydrogen-bond acceptors (Lipinski definition) is 4.